The van der Waals surface area contributed by atoms with E-state index in [1.807, 2.05) is 25.1 Å². The lowest BCUT2D eigenvalue weighted by Gasteiger charge is -2.18. The van der Waals surface area contributed by atoms with Gasteiger partial charge in [-0.15, -0.1) is 0 Å². The van der Waals surface area contributed by atoms with Crippen molar-refractivity contribution < 1.29 is 9.59 Å². The number of aryl methyl sites for hydroxylation is 1. The van der Waals surface area contributed by atoms with Crippen LogP contribution < -0.4 is 10.2 Å². The first kappa shape index (κ1) is 16.0. The highest BCUT2D eigenvalue weighted by atomic mass is 79.9. The minimum atomic E-state index is -0.248. The number of rotatable bonds is 5. The van der Waals surface area contributed by atoms with Gasteiger partial charge in [0.1, 0.15) is 0 Å². The molecule has 0 bridgehead atoms. The number of hydrogen-bond acceptors (Lipinski definition) is 2. The molecule has 1 heterocycles. The lowest BCUT2D eigenvalue weighted by Crippen LogP contribution is -2.33. The third kappa shape index (κ3) is 3.84. The Kier molecular flexibility index (Phi) is 5.39. The monoisotopic (exact) mass is 352 g/mol. The molecule has 1 N–H and O–H groups in total. The van der Waals surface area contributed by atoms with Crippen LogP contribution in [0.1, 0.15) is 31.7 Å². The predicted octanol–water partition coefficient (Wildman–Crippen LogP) is 3.03. The maximum Gasteiger partial charge on any atom is 0.227 e. The fourth-order valence-electron chi connectivity index (χ4n) is 2.48. The first-order chi connectivity index (χ1) is 10.0. The van der Waals surface area contributed by atoms with E-state index in [1.54, 1.807) is 4.90 Å². The quantitative estimate of drug-likeness (QED) is 0.828. The van der Waals surface area contributed by atoms with Gasteiger partial charge in [0.2, 0.25) is 11.8 Å². The largest absolute Gasteiger partial charge is 0.356 e. The Hall–Kier alpha value is -1.36. The molecule has 0 radical (unpaired) electrons. The van der Waals surface area contributed by atoms with Gasteiger partial charge in [-0.3, -0.25) is 9.59 Å². The maximum absolute atomic E-state index is 12.2. The molecule has 1 unspecified atom stereocenters. The van der Waals surface area contributed by atoms with E-state index in [0.717, 1.165) is 28.6 Å². The molecule has 2 amide bonds. The van der Waals surface area contributed by atoms with Crippen LogP contribution in [0.4, 0.5) is 5.69 Å². The second-order valence-electron chi connectivity index (χ2n) is 5.50. The van der Waals surface area contributed by atoms with Gasteiger partial charge >= 0.3 is 0 Å². The van der Waals surface area contributed by atoms with Crippen LogP contribution in [0.2, 0.25) is 0 Å². The third-order valence-corrected chi connectivity index (χ3v) is 4.35. The highest BCUT2D eigenvalue weighted by Crippen LogP contribution is 2.32. The number of nitrogens with one attached hydrogen (secondary N) is 1. The Morgan fingerprint density at radius 1 is 1.48 bits per heavy atom. The first-order valence-corrected chi connectivity index (χ1v) is 8.16. The average Bonchev–Trinajstić information content (AvgIpc) is 2.81. The topological polar surface area (TPSA) is 49.4 Å². The second kappa shape index (κ2) is 7.07. The fourth-order valence-corrected chi connectivity index (χ4v) is 3.19. The van der Waals surface area contributed by atoms with Gasteiger partial charge in [-0.1, -0.05) is 19.4 Å². The Morgan fingerprint density at radius 3 is 2.90 bits per heavy atom. The van der Waals surface area contributed by atoms with Crippen molar-refractivity contribution >= 4 is 33.4 Å². The van der Waals surface area contributed by atoms with E-state index in [-0.39, 0.29) is 24.2 Å². The van der Waals surface area contributed by atoms with Crippen LogP contribution in [0.3, 0.4) is 0 Å². The van der Waals surface area contributed by atoms with Crippen molar-refractivity contribution in [3.05, 3.63) is 28.2 Å². The van der Waals surface area contributed by atoms with Gasteiger partial charge in [-0.25, -0.2) is 0 Å². The molecular weight excluding hydrogens is 332 g/mol. The second-order valence-corrected chi connectivity index (χ2v) is 6.36. The summed E-state index contributed by atoms with van der Waals surface area (Å²) >= 11 is 3.50. The minimum absolute atomic E-state index is 0.00944. The van der Waals surface area contributed by atoms with Crippen molar-refractivity contribution in [3.63, 3.8) is 0 Å². The van der Waals surface area contributed by atoms with Crippen molar-refractivity contribution in [1.29, 1.82) is 0 Å². The molecule has 4 nitrogen and oxygen atoms in total. The lowest BCUT2D eigenvalue weighted by molar-refractivity contribution is -0.126. The van der Waals surface area contributed by atoms with Gasteiger partial charge < -0.3 is 10.2 Å². The van der Waals surface area contributed by atoms with E-state index in [1.165, 1.54) is 0 Å². The van der Waals surface area contributed by atoms with Crippen molar-refractivity contribution in [3.8, 4) is 0 Å². The number of anilines is 1. The zero-order valence-electron chi connectivity index (χ0n) is 12.5. The summed E-state index contributed by atoms with van der Waals surface area (Å²) in [4.78, 5) is 26.0. The Morgan fingerprint density at radius 2 is 2.24 bits per heavy atom. The van der Waals surface area contributed by atoms with E-state index in [9.17, 15) is 9.59 Å². The number of halogens is 1. The average molecular weight is 353 g/mol. The molecular formula is C16H21BrN2O2. The highest BCUT2D eigenvalue weighted by molar-refractivity contribution is 9.10. The smallest absolute Gasteiger partial charge is 0.227 e. The van der Waals surface area contributed by atoms with Gasteiger partial charge in [0, 0.05) is 24.0 Å². The number of benzene rings is 1. The van der Waals surface area contributed by atoms with Crippen LogP contribution in [0.25, 0.3) is 0 Å². The summed E-state index contributed by atoms with van der Waals surface area (Å²) in [6.07, 6.45) is 2.31. The summed E-state index contributed by atoms with van der Waals surface area (Å²) in [6, 6.07) is 5.88. The molecule has 114 valence electrons. The molecule has 1 aromatic carbocycles. The molecule has 1 aliphatic rings. The molecule has 0 saturated carbocycles. The molecule has 1 atom stereocenters. The van der Waals surface area contributed by atoms with E-state index < -0.39 is 0 Å². The summed E-state index contributed by atoms with van der Waals surface area (Å²) in [5, 5.41) is 2.91. The highest BCUT2D eigenvalue weighted by Gasteiger charge is 2.35. The van der Waals surface area contributed by atoms with Crippen molar-refractivity contribution in [2.24, 2.45) is 5.92 Å². The van der Waals surface area contributed by atoms with Crippen LogP contribution in [0.5, 0.6) is 0 Å². The first-order valence-electron chi connectivity index (χ1n) is 7.37. The zero-order valence-corrected chi connectivity index (χ0v) is 14.1. The van der Waals surface area contributed by atoms with E-state index in [4.69, 9.17) is 0 Å². The number of unbranched alkanes of at least 4 members (excludes halogenated alkanes) is 1. The number of carbonyl (C=O) groups is 2. The van der Waals surface area contributed by atoms with Crippen molar-refractivity contribution in [2.45, 2.75) is 33.1 Å². The van der Waals surface area contributed by atoms with E-state index >= 15 is 0 Å². The normalized spacial score (nSPS) is 18.1. The SMILES string of the molecule is CCCCNC(=O)C1CC(=O)N(c2ccc(C)cc2Br)C1. The summed E-state index contributed by atoms with van der Waals surface area (Å²) in [6.45, 7) is 5.24. The molecule has 1 saturated heterocycles. The van der Waals surface area contributed by atoms with Gasteiger partial charge in [-0.05, 0) is 47.0 Å². The van der Waals surface area contributed by atoms with Crippen LogP contribution in [0, 0.1) is 12.8 Å². The van der Waals surface area contributed by atoms with E-state index in [0.29, 0.717) is 13.1 Å². The third-order valence-electron chi connectivity index (χ3n) is 3.72. The summed E-state index contributed by atoms with van der Waals surface area (Å²) < 4.78 is 0.892. The number of nitrogens with zero attached hydrogens (tertiary/aromatic N) is 1. The Labute approximate surface area is 134 Å². The van der Waals surface area contributed by atoms with Crippen LogP contribution in [-0.2, 0) is 9.59 Å². The molecule has 1 aliphatic heterocycles. The predicted molar refractivity (Wildman–Crippen MR) is 87.3 cm³/mol. The molecule has 1 fully saturated rings. The molecule has 5 heteroatoms. The Bertz CT molecular complexity index is 545. The molecule has 0 aromatic heterocycles. The minimum Gasteiger partial charge on any atom is -0.356 e. The molecule has 0 aliphatic carbocycles. The van der Waals surface area contributed by atoms with Crippen molar-refractivity contribution in [1.82, 2.24) is 5.32 Å². The molecule has 21 heavy (non-hydrogen) atoms. The van der Waals surface area contributed by atoms with Crippen LogP contribution >= 0.6 is 15.9 Å². The standard InChI is InChI=1S/C16H21BrN2O2/c1-3-4-7-18-16(21)12-9-15(20)19(10-12)14-6-5-11(2)8-13(14)17/h5-6,8,12H,3-4,7,9-10H2,1-2H3,(H,18,21). The number of hydrogen-bond donors (Lipinski definition) is 1. The molecule has 1 aromatic rings. The summed E-state index contributed by atoms with van der Waals surface area (Å²) in [7, 11) is 0. The maximum atomic E-state index is 12.2. The zero-order chi connectivity index (χ0) is 15.4. The van der Waals surface area contributed by atoms with Gasteiger partial charge in [0.15, 0.2) is 0 Å². The number of carbonyl (C=O) groups excluding carboxylic acids is 2. The van der Waals surface area contributed by atoms with Gasteiger partial charge in [-0.2, -0.15) is 0 Å². The fraction of sp³-hybridized carbons (Fsp3) is 0.500. The van der Waals surface area contributed by atoms with Gasteiger partial charge in [0.25, 0.3) is 0 Å². The number of amides is 2. The molecule has 2 rings (SSSR count). The van der Waals surface area contributed by atoms with Crippen LogP contribution in [0.15, 0.2) is 22.7 Å². The summed E-state index contributed by atoms with van der Waals surface area (Å²) in [5.74, 6) is -0.250. The summed E-state index contributed by atoms with van der Waals surface area (Å²) in [5.41, 5.74) is 1.97. The van der Waals surface area contributed by atoms with Crippen molar-refractivity contribution in [2.75, 3.05) is 18.0 Å². The molecule has 0 spiro atoms. The van der Waals surface area contributed by atoms with Gasteiger partial charge in [0.05, 0.1) is 11.6 Å². The van der Waals surface area contributed by atoms with Crippen LogP contribution in [-0.4, -0.2) is 24.9 Å². The Balaban J connectivity index is 2.04. The van der Waals surface area contributed by atoms with E-state index in [2.05, 4.69) is 28.2 Å². The lowest BCUT2D eigenvalue weighted by atomic mass is 10.1.